The molecule has 7 heteroatoms. The number of imidazole rings is 1. The van der Waals surface area contributed by atoms with Gasteiger partial charge in [0.1, 0.15) is 0 Å². The molecule has 4 aromatic rings. The van der Waals surface area contributed by atoms with E-state index in [0.29, 0.717) is 18.2 Å². The van der Waals surface area contributed by atoms with Crippen molar-refractivity contribution in [3.8, 4) is 0 Å². The van der Waals surface area contributed by atoms with Crippen molar-refractivity contribution in [2.24, 2.45) is 0 Å². The first-order valence-corrected chi connectivity index (χ1v) is 12.4. The van der Waals surface area contributed by atoms with Crippen molar-refractivity contribution < 1.29 is 4.79 Å². The van der Waals surface area contributed by atoms with E-state index in [1.165, 1.54) is 16.5 Å². The van der Waals surface area contributed by atoms with Crippen LogP contribution in [0.5, 0.6) is 0 Å². The number of thioether (sulfide) groups is 1. The van der Waals surface area contributed by atoms with E-state index in [4.69, 9.17) is 9.97 Å². The quantitative estimate of drug-likeness (QED) is 0.295. The molecule has 1 saturated heterocycles. The molecule has 0 bridgehead atoms. The molecule has 1 aliphatic heterocycles. The maximum atomic E-state index is 13.0. The Kier molecular flexibility index (Phi) is 5.78. The van der Waals surface area contributed by atoms with Crippen LogP contribution in [0.3, 0.4) is 0 Å². The summed E-state index contributed by atoms with van der Waals surface area (Å²) in [5.74, 6) is 0.894. The van der Waals surface area contributed by atoms with Gasteiger partial charge in [-0.25, -0.2) is 9.97 Å². The Morgan fingerprint density at radius 1 is 1.16 bits per heavy atom. The van der Waals surface area contributed by atoms with Crippen molar-refractivity contribution in [2.75, 3.05) is 18.8 Å². The zero-order valence-corrected chi connectivity index (χ0v) is 18.9. The van der Waals surface area contributed by atoms with E-state index < -0.39 is 0 Å². The van der Waals surface area contributed by atoms with E-state index in [1.54, 1.807) is 11.3 Å². The molecule has 2 aromatic heterocycles. The maximum absolute atomic E-state index is 13.0. The normalized spacial score (nSPS) is 16.8. The number of carbonyl (C=O) groups excluding carboxylic acids is 1. The lowest BCUT2D eigenvalue weighted by atomic mass is 9.99. The van der Waals surface area contributed by atoms with Crippen molar-refractivity contribution in [3.05, 3.63) is 66.2 Å². The SMILES string of the molecule is C=CCn1c(SCC(=O)N2CCC[C@@H](c3nc4ccccc4s3)C2)nc2ccccc21. The number of piperidine rings is 1. The van der Waals surface area contributed by atoms with Crippen molar-refractivity contribution in [3.63, 3.8) is 0 Å². The molecule has 31 heavy (non-hydrogen) atoms. The first-order valence-electron chi connectivity index (χ1n) is 10.5. The van der Waals surface area contributed by atoms with Crippen LogP contribution in [0.1, 0.15) is 23.8 Å². The molecule has 0 aliphatic carbocycles. The van der Waals surface area contributed by atoms with Gasteiger partial charge in [0.15, 0.2) is 5.16 Å². The van der Waals surface area contributed by atoms with Gasteiger partial charge in [-0.1, -0.05) is 42.1 Å². The van der Waals surface area contributed by atoms with Gasteiger partial charge in [0.2, 0.25) is 5.91 Å². The number of aromatic nitrogens is 3. The fourth-order valence-electron chi connectivity index (χ4n) is 4.16. The summed E-state index contributed by atoms with van der Waals surface area (Å²) in [6.45, 7) is 6.12. The van der Waals surface area contributed by atoms with Gasteiger partial charge in [-0.3, -0.25) is 4.79 Å². The Morgan fingerprint density at radius 2 is 1.97 bits per heavy atom. The number of hydrogen-bond donors (Lipinski definition) is 0. The molecule has 0 spiro atoms. The molecule has 5 rings (SSSR count). The third kappa shape index (κ3) is 4.12. The van der Waals surface area contributed by atoms with E-state index >= 15 is 0 Å². The number of amides is 1. The number of benzene rings is 2. The monoisotopic (exact) mass is 448 g/mol. The number of fused-ring (bicyclic) bond motifs is 2. The summed E-state index contributed by atoms with van der Waals surface area (Å²) < 4.78 is 3.35. The van der Waals surface area contributed by atoms with Gasteiger partial charge in [-0.15, -0.1) is 17.9 Å². The van der Waals surface area contributed by atoms with E-state index in [9.17, 15) is 4.79 Å². The summed E-state index contributed by atoms with van der Waals surface area (Å²) in [6, 6.07) is 16.3. The highest BCUT2D eigenvalue weighted by molar-refractivity contribution is 7.99. The number of thiazole rings is 1. The van der Waals surface area contributed by atoms with Gasteiger partial charge in [-0.2, -0.15) is 0 Å². The lowest BCUT2D eigenvalue weighted by Gasteiger charge is -2.31. The van der Waals surface area contributed by atoms with Crippen molar-refractivity contribution in [1.82, 2.24) is 19.4 Å². The van der Waals surface area contributed by atoms with Gasteiger partial charge in [0.05, 0.1) is 32.0 Å². The van der Waals surface area contributed by atoms with Crippen LogP contribution in [0, 0.1) is 0 Å². The highest BCUT2D eigenvalue weighted by Crippen LogP contribution is 2.33. The molecule has 1 fully saturated rings. The molecular weight excluding hydrogens is 424 g/mol. The Bertz CT molecular complexity index is 1210. The van der Waals surface area contributed by atoms with Crippen LogP contribution in [0.15, 0.2) is 66.3 Å². The van der Waals surface area contributed by atoms with Gasteiger partial charge in [0.25, 0.3) is 0 Å². The second-order valence-corrected chi connectivity index (χ2v) is 9.77. The first-order chi connectivity index (χ1) is 15.2. The lowest BCUT2D eigenvalue weighted by Crippen LogP contribution is -2.40. The Morgan fingerprint density at radius 3 is 2.81 bits per heavy atom. The van der Waals surface area contributed by atoms with Crippen molar-refractivity contribution in [1.29, 1.82) is 0 Å². The minimum absolute atomic E-state index is 0.174. The van der Waals surface area contributed by atoms with E-state index in [1.807, 2.05) is 35.2 Å². The summed E-state index contributed by atoms with van der Waals surface area (Å²) in [4.78, 5) is 24.6. The number of allylic oxidation sites excluding steroid dienone is 1. The van der Waals surface area contributed by atoms with Crippen LogP contribution in [-0.4, -0.2) is 44.2 Å². The zero-order valence-electron chi connectivity index (χ0n) is 17.2. The van der Waals surface area contributed by atoms with Crippen LogP contribution in [0.25, 0.3) is 21.3 Å². The van der Waals surface area contributed by atoms with Crippen molar-refractivity contribution in [2.45, 2.75) is 30.5 Å². The summed E-state index contributed by atoms with van der Waals surface area (Å²) in [7, 11) is 0. The van der Waals surface area contributed by atoms with E-state index in [0.717, 1.165) is 52.6 Å². The fraction of sp³-hybridized carbons (Fsp3) is 0.292. The average molecular weight is 449 g/mol. The zero-order chi connectivity index (χ0) is 21.2. The third-order valence-corrected chi connectivity index (χ3v) is 7.85. The molecule has 158 valence electrons. The molecule has 3 heterocycles. The second kappa shape index (κ2) is 8.85. The van der Waals surface area contributed by atoms with Crippen LogP contribution in [0.2, 0.25) is 0 Å². The van der Waals surface area contributed by atoms with Crippen molar-refractivity contribution >= 4 is 50.3 Å². The molecular formula is C24H24N4OS2. The average Bonchev–Trinajstić information content (AvgIpc) is 3.40. The number of carbonyl (C=O) groups is 1. The second-order valence-electron chi connectivity index (χ2n) is 7.77. The third-order valence-electron chi connectivity index (χ3n) is 5.69. The van der Waals surface area contributed by atoms with E-state index in [2.05, 4.69) is 35.4 Å². The van der Waals surface area contributed by atoms with Gasteiger partial charge < -0.3 is 9.47 Å². The summed E-state index contributed by atoms with van der Waals surface area (Å²) in [5.41, 5.74) is 3.09. The predicted molar refractivity (Wildman–Crippen MR) is 129 cm³/mol. The summed E-state index contributed by atoms with van der Waals surface area (Å²) >= 11 is 3.28. The smallest absolute Gasteiger partial charge is 0.233 e. The molecule has 0 saturated carbocycles. The largest absolute Gasteiger partial charge is 0.341 e. The minimum atomic E-state index is 0.174. The molecule has 0 radical (unpaired) electrons. The topological polar surface area (TPSA) is 51.0 Å². The van der Waals surface area contributed by atoms with Gasteiger partial charge >= 0.3 is 0 Å². The maximum Gasteiger partial charge on any atom is 0.233 e. The highest BCUT2D eigenvalue weighted by atomic mass is 32.2. The number of nitrogens with zero attached hydrogens (tertiary/aromatic N) is 4. The molecule has 0 N–H and O–H groups in total. The minimum Gasteiger partial charge on any atom is -0.341 e. The Balaban J connectivity index is 1.28. The molecule has 2 aromatic carbocycles. The van der Waals surface area contributed by atoms with Crippen LogP contribution < -0.4 is 0 Å². The van der Waals surface area contributed by atoms with Crippen LogP contribution in [0.4, 0.5) is 0 Å². The summed E-state index contributed by atoms with van der Waals surface area (Å²) in [5, 5.41) is 2.02. The summed E-state index contributed by atoms with van der Waals surface area (Å²) in [6.07, 6.45) is 3.98. The number of rotatable bonds is 6. The van der Waals surface area contributed by atoms with Gasteiger partial charge in [0, 0.05) is 25.6 Å². The fourth-order valence-corrected chi connectivity index (χ4v) is 6.18. The molecule has 1 atom stereocenters. The van der Waals surface area contributed by atoms with Gasteiger partial charge in [-0.05, 0) is 37.1 Å². The molecule has 1 amide bonds. The standard InChI is InChI=1S/C24H24N4OS2/c1-2-13-28-20-11-5-3-9-18(20)26-24(28)30-16-22(29)27-14-7-8-17(15-27)23-25-19-10-4-6-12-21(19)31-23/h2-6,9-12,17H,1,7-8,13-16H2/t17-/m1/s1. The lowest BCUT2D eigenvalue weighted by molar-refractivity contribution is -0.129. The molecule has 5 nitrogen and oxygen atoms in total. The number of hydrogen-bond acceptors (Lipinski definition) is 5. The van der Waals surface area contributed by atoms with Crippen LogP contribution in [-0.2, 0) is 11.3 Å². The Labute approximate surface area is 189 Å². The Hall–Kier alpha value is -2.64. The van der Waals surface area contributed by atoms with Crippen LogP contribution >= 0.6 is 23.1 Å². The van der Waals surface area contributed by atoms with E-state index in [-0.39, 0.29) is 5.91 Å². The molecule has 1 aliphatic rings. The molecule has 0 unspecified atom stereocenters. The first kappa shape index (κ1) is 20.3. The predicted octanol–water partition coefficient (Wildman–Crippen LogP) is 5.33. The highest BCUT2D eigenvalue weighted by Gasteiger charge is 2.27. The number of likely N-dealkylation sites (tertiary alicyclic amines) is 1. The number of para-hydroxylation sites is 3.